The summed E-state index contributed by atoms with van der Waals surface area (Å²) in [6, 6.07) is 1.43. The molecule has 116 valence electrons. The van der Waals surface area contributed by atoms with Crippen LogP contribution in [0.4, 0.5) is 0 Å². The number of nitrogens with zero attached hydrogens (tertiary/aromatic N) is 3. The number of carbonyl (C=O) groups excluding carboxylic acids is 1. The summed E-state index contributed by atoms with van der Waals surface area (Å²) in [6.45, 7) is 4.17. The monoisotopic (exact) mass is 301 g/mol. The SMILES string of the molecule is CCCc1ncncc1C(=O)NCCc1nc(C)cc(=O)[nH]1. The number of H-pyrrole nitrogens is 1. The van der Waals surface area contributed by atoms with Crippen LogP contribution in [-0.4, -0.2) is 32.4 Å². The highest BCUT2D eigenvalue weighted by molar-refractivity contribution is 5.94. The molecule has 0 aromatic carbocycles. The molecule has 1 amide bonds. The van der Waals surface area contributed by atoms with Crippen LogP contribution in [0.15, 0.2) is 23.4 Å². The van der Waals surface area contributed by atoms with Gasteiger partial charge in [-0.3, -0.25) is 9.59 Å². The number of aryl methyl sites for hydroxylation is 2. The Labute approximate surface area is 128 Å². The van der Waals surface area contributed by atoms with Crippen molar-refractivity contribution >= 4 is 5.91 Å². The molecule has 2 N–H and O–H groups in total. The fraction of sp³-hybridized carbons (Fsp3) is 0.400. The molecule has 0 aliphatic carbocycles. The van der Waals surface area contributed by atoms with Gasteiger partial charge in [0.15, 0.2) is 0 Å². The van der Waals surface area contributed by atoms with Gasteiger partial charge in [-0.1, -0.05) is 13.3 Å². The van der Waals surface area contributed by atoms with E-state index < -0.39 is 0 Å². The standard InChI is InChI=1S/C15H19N5O2/c1-3-4-12-11(8-16-9-18-12)15(22)17-6-5-13-19-10(2)7-14(21)20-13/h7-9H,3-6H2,1-2H3,(H,17,22)(H,19,20,21). The molecule has 2 heterocycles. The zero-order valence-corrected chi connectivity index (χ0v) is 12.7. The number of hydrogen-bond donors (Lipinski definition) is 2. The van der Waals surface area contributed by atoms with Gasteiger partial charge < -0.3 is 10.3 Å². The Hall–Kier alpha value is -2.57. The molecule has 0 fully saturated rings. The van der Waals surface area contributed by atoms with Gasteiger partial charge in [0.1, 0.15) is 12.2 Å². The summed E-state index contributed by atoms with van der Waals surface area (Å²) in [5.41, 5.74) is 1.72. The van der Waals surface area contributed by atoms with Gasteiger partial charge in [-0.2, -0.15) is 0 Å². The number of nitrogens with one attached hydrogen (secondary N) is 2. The second-order valence-electron chi connectivity index (χ2n) is 4.97. The van der Waals surface area contributed by atoms with E-state index in [9.17, 15) is 9.59 Å². The molecule has 0 atom stereocenters. The Bertz CT molecular complexity index is 711. The van der Waals surface area contributed by atoms with Crippen LogP contribution in [-0.2, 0) is 12.8 Å². The van der Waals surface area contributed by atoms with Crippen LogP contribution >= 0.6 is 0 Å². The number of rotatable bonds is 6. The number of hydrogen-bond acceptors (Lipinski definition) is 5. The van der Waals surface area contributed by atoms with E-state index in [-0.39, 0.29) is 11.5 Å². The van der Waals surface area contributed by atoms with Crippen molar-refractivity contribution in [2.24, 2.45) is 0 Å². The average molecular weight is 301 g/mol. The van der Waals surface area contributed by atoms with Gasteiger partial charge in [0, 0.05) is 30.9 Å². The Morgan fingerprint density at radius 1 is 1.36 bits per heavy atom. The normalized spacial score (nSPS) is 10.5. The van der Waals surface area contributed by atoms with Crippen molar-refractivity contribution in [2.45, 2.75) is 33.1 Å². The lowest BCUT2D eigenvalue weighted by Crippen LogP contribution is -2.28. The topological polar surface area (TPSA) is 101 Å². The Morgan fingerprint density at radius 3 is 2.91 bits per heavy atom. The van der Waals surface area contributed by atoms with Gasteiger partial charge in [-0.15, -0.1) is 0 Å². The average Bonchev–Trinajstić information content (AvgIpc) is 2.47. The van der Waals surface area contributed by atoms with Crippen LogP contribution in [0.5, 0.6) is 0 Å². The molecular weight excluding hydrogens is 282 g/mol. The van der Waals surface area contributed by atoms with Gasteiger partial charge in [0.25, 0.3) is 11.5 Å². The first kappa shape index (κ1) is 15.8. The van der Waals surface area contributed by atoms with E-state index in [1.165, 1.54) is 18.6 Å². The minimum atomic E-state index is -0.209. The summed E-state index contributed by atoms with van der Waals surface area (Å²) in [6.07, 6.45) is 5.08. The third-order valence-corrected chi connectivity index (χ3v) is 3.09. The Kier molecular flexibility index (Phi) is 5.35. The van der Waals surface area contributed by atoms with Gasteiger partial charge in [0.05, 0.1) is 11.3 Å². The first-order valence-electron chi connectivity index (χ1n) is 7.24. The molecule has 7 nitrogen and oxygen atoms in total. The van der Waals surface area contributed by atoms with Crippen molar-refractivity contribution < 1.29 is 4.79 Å². The maximum Gasteiger partial charge on any atom is 0.254 e. The second-order valence-corrected chi connectivity index (χ2v) is 4.97. The molecule has 0 bridgehead atoms. The molecule has 2 aromatic heterocycles. The lowest BCUT2D eigenvalue weighted by atomic mass is 10.1. The lowest BCUT2D eigenvalue weighted by Gasteiger charge is -2.08. The van der Waals surface area contributed by atoms with Gasteiger partial charge in [-0.05, 0) is 13.3 Å². The molecule has 7 heteroatoms. The first-order valence-corrected chi connectivity index (χ1v) is 7.24. The highest BCUT2D eigenvalue weighted by Crippen LogP contribution is 2.06. The number of aromatic amines is 1. The summed E-state index contributed by atoms with van der Waals surface area (Å²) in [4.78, 5) is 38.5. The number of aromatic nitrogens is 4. The maximum atomic E-state index is 12.2. The van der Waals surface area contributed by atoms with Gasteiger partial charge in [0.2, 0.25) is 0 Å². The van der Waals surface area contributed by atoms with E-state index >= 15 is 0 Å². The van der Waals surface area contributed by atoms with Crippen LogP contribution < -0.4 is 10.9 Å². The summed E-state index contributed by atoms with van der Waals surface area (Å²) < 4.78 is 0. The third kappa shape index (κ3) is 4.21. The molecule has 0 unspecified atom stereocenters. The molecule has 0 saturated carbocycles. The Balaban J connectivity index is 1.97. The fourth-order valence-electron chi connectivity index (χ4n) is 2.13. The summed E-state index contributed by atoms with van der Waals surface area (Å²) in [5.74, 6) is 0.349. The largest absolute Gasteiger partial charge is 0.351 e. The molecular formula is C15H19N5O2. The van der Waals surface area contributed by atoms with Crippen LogP contribution in [0.25, 0.3) is 0 Å². The molecule has 2 aromatic rings. The smallest absolute Gasteiger partial charge is 0.254 e. The molecule has 22 heavy (non-hydrogen) atoms. The summed E-state index contributed by atoms with van der Waals surface area (Å²) in [5, 5.41) is 2.80. The van der Waals surface area contributed by atoms with Crippen molar-refractivity contribution in [3.05, 3.63) is 51.7 Å². The van der Waals surface area contributed by atoms with Crippen LogP contribution in [0, 0.1) is 6.92 Å². The van der Waals surface area contributed by atoms with Crippen LogP contribution in [0.1, 0.15) is 40.9 Å². The molecule has 0 saturated heterocycles. The highest BCUT2D eigenvalue weighted by Gasteiger charge is 2.12. The fourth-order valence-corrected chi connectivity index (χ4v) is 2.13. The number of amides is 1. The predicted molar refractivity (Wildman–Crippen MR) is 81.7 cm³/mol. The molecule has 0 radical (unpaired) electrons. The summed E-state index contributed by atoms with van der Waals surface area (Å²) >= 11 is 0. The zero-order chi connectivity index (χ0) is 15.9. The third-order valence-electron chi connectivity index (χ3n) is 3.09. The van der Waals surface area contributed by atoms with E-state index in [4.69, 9.17) is 0 Å². The van der Waals surface area contributed by atoms with Crippen molar-refractivity contribution in [2.75, 3.05) is 6.54 Å². The summed E-state index contributed by atoms with van der Waals surface area (Å²) in [7, 11) is 0. The van der Waals surface area contributed by atoms with E-state index in [1.54, 1.807) is 6.92 Å². The van der Waals surface area contributed by atoms with E-state index in [1.807, 2.05) is 6.92 Å². The quantitative estimate of drug-likeness (QED) is 0.821. The van der Waals surface area contributed by atoms with Crippen molar-refractivity contribution in [3.8, 4) is 0 Å². The van der Waals surface area contributed by atoms with Crippen LogP contribution in [0.2, 0.25) is 0 Å². The van der Waals surface area contributed by atoms with Crippen molar-refractivity contribution in [1.29, 1.82) is 0 Å². The lowest BCUT2D eigenvalue weighted by molar-refractivity contribution is 0.0952. The predicted octanol–water partition coefficient (Wildman–Crippen LogP) is 0.793. The molecule has 2 rings (SSSR count). The first-order chi connectivity index (χ1) is 10.6. The minimum absolute atomic E-state index is 0.185. The van der Waals surface area contributed by atoms with Crippen LogP contribution in [0.3, 0.4) is 0 Å². The highest BCUT2D eigenvalue weighted by atomic mass is 16.1. The molecule has 0 spiro atoms. The second kappa shape index (κ2) is 7.44. The van der Waals surface area contributed by atoms with Crippen molar-refractivity contribution in [1.82, 2.24) is 25.3 Å². The number of carbonyl (C=O) groups is 1. The molecule has 0 aliphatic heterocycles. The van der Waals surface area contributed by atoms with E-state index in [0.29, 0.717) is 30.0 Å². The zero-order valence-electron chi connectivity index (χ0n) is 12.7. The van der Waals surface area contributed by atoms with E-state index in [0.717, 1.165) is 18.5 Å². The van der Waals surface area contributed by atoms with E-state index in [2.05, 4.69) is 25.3 Å². The maximum absolute atomic E-state index is 12.2. The minimum Gasteiger partial charge on any atom is -0.351 e. The van der Waals surface area contributed by atoms with Gasteiger partial charge >= 0.3 is 0 Å². The van der Waals surface area contributed by atoms with Crippen molar-refractivity contribution in [3.63, 3.8) is 0 Å². The van der Waals surface area contributed by atoms with Gasteiger partial charge in [-0.25, -0.2) is 15.0 Å². The molecule has 0 aliphatic rings. The Morgan fingerprint density at radius 2 is 2.18 bits per heavy atom.